The molecule has 78 valence electrons. The molecular formula is C10H11N3O2. The van der Waals surface area contributed by atoms with Crippen LogP contribution < -0.4 is 5.32 Å². The normalized spacial score (nSPS) is 9.53. The van der Waals surface area contributed by atoms with Crippen molar-refractivity contribution in [2.45, 2.75) is 13.0 Å². The summed E-state index contributed by atoms with van der Waals surface area (Å²) in [5.74, 6) is 0. The predicted molar refractivity (Wildman–Crippen MR) is 55.0 cm³/mol. The van der Waals surface area contributed by atoms with Crippen molar-refractivity contribution in [3.8, 4) is 6.07 Å². The Balaban J connectivity index is 2.60. The molecule has 0 saturated carbocycles. The minimum atomic E-state index is -0.401. The van der Waals surface area contributed by atoms with E-state index >= 15 is 0 Å². The van der Waals surface area contributed by atoms with E-state index in [1.807, 2.05) is 6.07 Å². The van der Waals surface area contributed by atoms with Gasteiger partial charge in [-0.3, -0.25) is 10.1 Å². The Morgan fingerprint density at radius 2 is 2.20 bits per heavy atom. The smallest absolute Gasteiger partial charge is 0.273 e. The molecule has 0 fully saturated rings. The molecule has 1 aromatic rings. The highest BCUT2D eigenvalue weighted by Crippen LogP contribution is 2.16. The third-order valence-corrected chi connectivity index (χ3v) is 1.92. The molecule has 0 saturated heterocycles. The number of nitrogens with one attached hydrogen (secondary N) is 1. The maximum atomic E-state index is 10.6. The lowest BCUT2D eigenvalue weighted by atomic mass is 10.2. The highest BCUT2D eigenvalue weighted by Gasteiger charge is 2.10. The molecule has 5 nitrogen and oxygen atoms in total. The number of nitrogens with zero attached hydrogens (tertiary/aromatic N) is 2. The first-order valence-corrected chi connectivity index (χ1v) is 4.55. The lowest BCUT2D eigenvalue weighted by molar-refractivity contribution is -0.385. The van der Waals surface area contributed by atoms with E-state index in [4.69, 9.17) is 5.26 Å². The lowest BCUT2D eigenvalue weighted by Gasteiger charge is -2.03. The molecule has 0 amide bonds. The Morgan fingerprint density at radius 1 is 1.47 bits per heavy atom. The molecular weight excluding hydrogens is 194 g/mol. The number of nitriles is 1. The first kappa shape index (κ1) is 11.1. The number of hydrogen-bond acceptors (Lipinski definition) is 4. The average molecular weight is 205 g/mol. The Hall–Kier alpha value is -1.93. The van der Waals surface area contributed by atoms with Crippen molar-refractivity contribution < 1.29 is 4.92 Å². The Morgan fingerprint density at radius 3 is 2.87 bits per heavy atom. The van der Waals surface area contributed by atoms with Gasteiger partial charge in [-0.25, -0.2) is 0 Å². The van der Waals surface area contributed by atoms with Crippen molar-refractivity contribution in [3.05, 3.63) is 39.9 Å². The van der Waals surface area contributed by atoms with Gasteiger partial charge in [0.1, 0.15) is 0 Å². The highest BCUT2D eigenvalue weighted by atomic mass is 16.6. The molecule has 0 spiro atoms. The largest absolute Gasteiger partial charge is 0.311 e. The zero-order chi connectivity index (χ0) is 11.1. The van der Waals surface area contributed by atoms with Crippen molar-refractivity contribution in [2.75, 3.05) is 6.54 Å². The molecule has 0 aliphatic rings. The number of hydrogen-bond donors (Lipinski definition) is 1. The summed E-state index contributed by atoms with van der Waals surface area (Å²) in [5, 5.41) is 21.9. The van der Waals surface area contributed by atoms with Gasteiger partial charge >= 0.3 is 0 Å². The van der Waals surface area contributed by atoms with Gasteiger partial charge in [0.25, 0.3) is 5.69 Å². The molecule has 0 aromatic heterocycles. The molecule has 0 aliphatic carbocycles. The topological polar surface area (TPSA) is 79.0 Å². The van der Waals surface area contributed by atoms with E-state index in [9.17, 15) is 10.1 Å². The van der Waals surface area contributed by atoms with Crippen LogP contribution in [0.25, 0.3) is 0 Å². The van der Waals surface area contributed by atoms with Crippen LogP contribution in [-0.2, 0) is 6.54 Å². The lowest BCUT2D eigenvalue weighted by Crippen LogP contribution is -2.15. The van der Waals surface area contributed by atoms with Crippen LogP contribution in [0, 0.1) is 21.4 Å². The van der Waals surface area contributed by atoms with E-state index in [1.165, 1.54) is 6.07 Å². The fraction of sp³-hybridized carbons (Fsp3) is 0.300. The van der Waals surface area contributed by atoms with E-state index in [0.29, 0.717) is 25.1 Å². The minimum absolute atomic E-state index is 0.113. The third kappa shape index (κ3) is 3.37. The summed E-state index contributed by atoms with van der Waals surface area (Å²) < 4.78 is 0. The van der Waals surface area contributed by atoms with E-state index in [-0.39, 0.29) is 5.69 Å². The monoisotopic (exact) mass is 205 g/mol. The predicted octanol–water partition coefficient (Wildman–Crippen LogP) is 1.60. The van der Waals surface area contributed by atoms with Crippen LogP contribution >= 0.6 is 0 Å². The number of benzene rings is 1. The van der Waals surface area contributed by atoms with Crippen molar-refractivity contribution in [1.29, 1.82) is 5.26 Å². The molecule has 0 bridgehead atoms. The van der Waals surface area contributed by atoms with Crippen LogP contribution in [-0.4, -0.2) is 11.5 Å². The summed E-state index contributed by atoms with van der Waals surface area (Å²) in [4.78, 5) is 10.2. The highest BCUT2D eigenvalue weighted by molar-refractivity contribution is 5.39. The fourth-order valence-electron chi connectivity index (χ4n) is 1.21. The maximum absolute atomic E-state index is 10.6. The molecule has 0 radical (unpaired) electrons. The Bertz CT molecular complexity index is 384. The van der Waals surface area contributed by atoms with E-state index in [2.05, 4.69) is 5.32 Å². The van der Waals surface area contributed by atoms with E-state index in [1.54, 1.807) is 18.2 Å². The molecule has 0 heterocycles. The maximum Gasteiger partial charge on any atom is 0.273 e. The first-order valence-electron chi connectivity index (χ1n) is 4.55. The molecule has 1 N–H and O–H groups in total. The van der Waals surface area contributed by atoms with E-state index < -0.39 is 4.92 Å². The van der Waals surface area contributed by atoms with Gasteiger partial charge in [0.15, 0.2) is 0 Å². The third-order valence-electron chi connectivity index (χ3n) is 1.92. The molecule has 5 heteroatoms. The van der Waals surface area contributed by atoms with Crippen molar-refractivity contribution >= 4 is 5.69 Å². The van der Waals surface area contributed by atoms with Gasteiger partial charge in [-0.1, -0.05) is 18.2 Å². The van der Waals surface area contributed by atoms with Crippen LogP contribution in [0.3, 0.4) is 0 Å². The second-order valence-electron chi connectivity index (χ2n) is 2.97. The van der Waals surface area contributed by atoms with Gasteiger partial charge in [0.2, 0.25) is 0 Å². The number of nitro benzene ring substituents is 1. The summed E-state index contributed by atoms with van der Waals surface area (Å²) in [5.41, 5.74) is 0.752. The minimum Gasteiger partial charge on any atom is -0.311 e. The summed E-state index contributed by atoms with van der Waals surface area (Å²) in [6, 6.07) is 8.57. The molecule has 0 aliphatic heterocycles. The molecule has 0 unspecified atom stereocenters. The van der Waals surface area contributed by atoms with Crippen LogP contribution in [0.5, 0.6) is 0 Å². The SMILES string of the molecule is N#CCCNCc1ccccc1[N+](=O)[O-]. The van der Waals surface area contributed by atoms with Gasteiger partial charge in [-0.05, 0) is 0 Å². The fourth-order valence-corrected chi connectivity index (χ4v) is 1.21. The average Bonchev–Trinajstić information content (AvgIpc) is 2.25. The van der Waals surface area contributed by atoms with Gasteiger partial charge < -0.3 is 5.32 Å². The zero-order valence-electron chi connectivity index (χ0n) is 8.14. The van der Waals surface area contributed by atoms with Crippen LogP contribution in [0.4, 0.5) is 5.69 Å². The van der Waals surface area contributed by atoms with Gasteiger partial charge in [-0.2, -0.15) is 5.26 Å². The summed E-state index contributed by atoms with van der Waals surface area (Å²) >= 11 is 0. The van der Waals surface area contributed by atoms with Crippen molar-refractivity contribution in [3.63, 3.8) is 0 Å². The quantitative estimate of drug-likeness (QED) is 0.450. The van der Waals surface area contributed by atoms with Crippen LogP contribution in [0.1, 0.15) is 12.0 Å². The van der Waals surface area contributed by atoms with Gasteiger partial charge in [0, 0.05) is 31.1 Å². The second kappa shape index (κ2) is 5.73. The summed E-state index contributed by atoms with van der Waals surface area (Å²) in [6.45, 7) is 0.960. The first-order chi connectivity index (χ1) is 7.25. The molecule has 15 heavy (non-hydrogen) atoms. The molecule has 1 rings (SSSR count). The van der Waals surface area contributed by atoms with Gasteiger partial charge in [-0.15, -0.1) is 0 Å². The van der Waals surface area contributed by atoms with Gasteiger partial charge in [0.05, 0.1) is 11.0 Å². The second-order valence-corrected chi connectivity index (χ2v) is 2.97. The van der Waals surface area contributed by atoms with Crippen LogP contribution in [0.15, 0.2) is 24.3 Å². The summed E-state index contributed by atoms with van der Waals surface area (Å²) in [6.07, 6.45) is 0.403. The van der Waals surface area contributed by atoms with Crippen LogP contribution in [0.2, 0.25) is 0 Å². The number of para-hydroxylation sites is 1. The standard InChI is InChI=1S/C10H11N3O2/c11-6-3-7-12-8-9-4-1-2-5-10(9)13(14)15/h1-2,4-5,12H,3,7-8H2. The zero-order valence-corrected chi connectivity index (χ0v) is 8.14. The Kier molecular flexibility index (Phi) is 4.26. The van der Waals surface area contributed by atoms with Crippen molar-refractivity contribution in [1.82, 2.24) is 5.32 Å². The van der Waals surface area contributed by atoms with E-state index in [0.717, 1.165) is 0 Å². The number of rotatable bonds is 5. The van der Waals surface area contributed by atoms with Crippen molar-refractivity contribution in [2.24, 2.45) is 0 Å². The number of nitro groups is 1. The Labute approximate surface area is 87.5 Å². The molecule has 1 aromatic carbocycles. The molecule has 0 atom stereocenters. The summed E-state index contributed by atoms with van der Waals surface area (Å²) in [7, 11) is 0.